The van der Waals surface area contributed by atoms with E-state index in [1.54, 1.807) is 0 Å². The molecule has 0 aliphatic heterocycles. The zero-order chi connectivity index (χ0) is 18.4. The highest BCUT2D eigenvalue weighted by Gasteiger charge is 2.15. The first-order valence-corrected chi connectivity index (χ1v) is 8.39. The highest BCUT2D eigenvalue weighted by molar-refractivity contribution is 5.94. The molecule has 5 nitrogen and oxygen atoms in total. The van der Waals surface area contributed by atoms with Gasteiger partial charge in [-0.1, -0.05) is 30.3 Å². The molecule has 0 radical (unpaired) electrons. The van der Waals surface area contributed by atoms with Crippen molar-refractivity contribution < 1.29 is 14.5 Å². The van der Waals surface area contributed by atoms with Crippen molar-refractivity contribution in [3.63, 3.8) is 0 Å². The summed E-state index contributed by atoms with van der Waals surface area (Å²) in [5, 5.41) is 5.81. The van der Waals surface area contributed by atoms with Gasteiger partial charge in [0.2, 0.25) is 0 Å². The number of carbonyl (C=O) groups is 2. The maximum atomic E-state index is 12.2. The Balaban J connectivity index is 1.86. The Kier molecular flexibility index (Phi) is 6.31. The summed E-state index contributed by atoms with van der Waals surface area (Å²) >= 11 is 0. The second-order valence-electron chi connectivity index (χ2n) is 6.54. The molecule has 132 valence electrons. The molecule has 0 aromatic heterocycles. The van der Waals surface area contributed by atoms with Gasteiger partial charge in [-0.2, -0.15) is 0 Å². The summed E-state index contributed by atoms with van der Waals surface area (Å²) in [6, 6.07) is 13.6. The summed E-state index contributed by atoms with van der Waals surface area (Å²) in [7, 11) is 1.83. The Bertz CT molecular complexity index is 751. The Morgan fingerprint density at radius 1 is 0.880 bits per heavy atom. The van der Waals surface area contributed by atoms with E-state index in [0.29, 0.717) is 0 Å². The summed E-state index contributed by atoms with van der Waals surface area (Å²) in [4.78, 5) is 25.2. The van der Waals surface area contributed by atoms with Gasteiger partial charge < -0.3 is 15.5 Å². The number of quaternary nitrogens is 1. The zero-order valence-corrected chi connectivity index (χ0v) is 15.3. The molecular weight excluding hydrogens is 314 g/mol. The summed E-state index contributed by atoms with van der Waals surface area (Å²) in [5.74, 6) is -0.207. The number of anilines is 2. The van der Waals surface area contributed by atoms with Crippen LogP contribution in [0.15, 0.2) is 42.5 Å². The van der Waals surface area contributed by atoms with Crippen LogP contribution in [-0.2, 0) is 9.59 Å². The number of carbonyl (C=O) groups excluding carboxylic acids is 2. The Hall–Kier alpha value is -2.66. The standard InChI is InChI=1S/C20H25N3O2/c1-14-7-5-10-17(11-14)21-18(24)12-23(4)13-19(25)22-20-15(2)8-6-9-16(20)3/h5-11H,12-13H2,1-4H3,(H,21,24)(H,22,25)/p+1. The first kappa shape index (κ1) is 18.7. The van der Waals surface area contributed by atoms with E-state index in [0.717, 1.165) is 33.0 Å². The lowest BCUT2D eigenvalue weighted by Gasteiger charge is -2.15. The van der Waals surface area contributed by atoms with Crippen LogP contribution >= 0.6 is 0 Å². The number of hydrogen-bond acceptors (Lipinski definition) is 2. The Morgan fingerprint density at radius 2 is 1.44 bits per heavy atom. The predicted molar refractivity (Wildman–Crippen MR) is 101 cm³/mol. The van der Waals surface area contributed by atoms with Crippen molar-refractivity contribution in [2.75, 3.05) is 30.8 Å². The minimum atomic E-state index is -0.108. The van der Waals surface area contributed by atoms with Crippen LogP contribution < -0.4 is 15.5 Å². The molecule has 2 rings (SSSR count). The van der Waals surface area contributed by atoms with Crippen LogP contribution in [0.3, 0.4) is 0 Å². The summed E-state index contributed by atoms with van der Waals surface area (Å²) in [5.41, 5.74) is 4.78. The number of hydrogen-bond donors (Lipinski definition) is 3. The van der Waals surface area contributed by atoms with Gasteiger partial charge in [0.05, 0.1) is 7.05 Å². The summed E-state index contributed by atoms with van der Waals surface area (Å²) in [6.45, 7) is 6.37. The zero-order valence-electron chi connectivity index (χ0n) is 15.3. The van der Waals surface area contributed by atoms with Crippen molar-refractivity contribution in [2.24, 2.45) is 0 Å². The van der Waals surface area contributed by atoms with Crippen molar-refractivity contribution in [3.8, 4) is 0 Å². The molecule has 3 N–H and O–H groups in total. The average Bonchev–Trinajstić information content (AvgIpc) is 2.50. The van der Waals surface area contributed by atoms with Crippen LogP contribution in [0.2, 0.25) is 0 Å². The maximum absolute atomic E-state index is 12.2. The minimum Gasteiger partial charge on any atom is -0.322 e. The molecule has 2 aromatic rings. The second kappa shape index (κ2) is 8.44. The van der Waals surface area contributed by atoms with Crippen LogP contribution in [0.25, 0.3) is 0 Å². The largest absolute Gasteiger partial charge is 0.322 e. The van der Waals surface area contributed by atoms with Crippen molar-refractivity contribution in [2.45, 2.75) is 20.8 Å². The van der Waals surface area contributed by atoms with E-state index in [-0.39, 0.29) is 24.9 Å². The number of para-hydroxylation sites is 1. The van der Waals surface area contributed by atoms with E-state index in [1.165, 1.54) is 0 Å². The minimum absolute atomic E-state index is 0.0988. The lowest BCUT2D eigenvalue weighted by Crippen LogP contribution is -3.11. The number of aryl methyl sites for hydroxylation is 3. The van der Waals surface area contributed by atoms with Crippen LogP contribution in [0.5, 0.6) is 0 Å². The highest BCUT2D eigenvalue weighted by atomic mass is 16.2. The molecule has 0 aliphatic rings. The second-order valence-corrected chi connectivity index (χ2v) is 6.54. The van der Waals surface area contributed by atoms with Crippen molar-refractivity contribution in [1.29, 1.82) is 0 Å². The smallest absolute Gasteiger partial charge is 0.279 e. The summed E-state index contributed by atoms with van der Waals surface area (Å²) < 4.78 is 0. The molecule has 0 saturated carbocycles. The Labute approximate surface area is 149 Å². The maximum Gasteiger partial charge on any atom is 0.279 e. The molecule has 0 heterocycles. The fourth-order valence-corrected chi connectivity index (χ4v) is 2.73. The molecule has 2 aromatic carbocycles. The van der Waals surface area contributed by atoms with Gasteiger partial charge in [0.1, 0.15) is 0 Å². The van der Waals surface area contributed by atoms with E-state index in [4.69, 9.17) is 0 Å². The number of amides is 2. The van der Waals surface area contributed by atoms with Crippen molar-refractivity contribution >= 4 is 23.2 Å². The van der Waals surface area contributed by atoms with Crippen molar-refractivity contribution in [1.82, 2.24) is 0 Å². The molecule has 0 saturated heterocycles. The number of likely N-dealkylation sites (N-methyl/N-ethyl adjacent to an activating group) is 1. The van der Waals surface area contributed by atoms with Gasteiger partial charge in [0.25, 0.3) is 11.8 Å². The lowest BCUT2D eigenvalue weighted by molar-refractivity contribution is -0.862. The van der Waals surface area contributed by atoms with E-state index in [1.807, 2.05) is 70.3 Å². The van der Waals surface area contributed by atoms with E-state index < -0.39 is 0 Å². The summed E-state index contributed by atoms with van der Waals surface area (Å²) in [6.07, 6.45) is 0. The van der Waals surface area contributed by atoms with Gasteiger partial charge >= 0.3 is 0 Å². The number of benzene rings is 2. The fraction of sp³-hybridized carbons (Fsp3) is 0.300. The molecule has 0 spiro atoms. The molecule has 5 heteroatoms. The third-order valence-corrected chi connectivity index (χ3v) is 3.97. The SMILES string of the molecule is Cc1cccc(NC(=O)C[NH+](C)CC(=O)Nc2c(C)cccc2C)c1. The monoisotopic (exact) mass is 340 g/mol. The molecular formula is C20H26N3O2+. The van der Waals surface area contributed by atoms with Crippen molar-refractivity contribution in [3.05, 3.63) is 59.2 Å². The number of nitrogens with one attached hydrogen (secondary N) is 3. The van der Waals surface area contributed by atoms with Crippen LogP contribution in [-0.4, -0.2) is 32.0 Å². The predicted octanol–water partition coefficient (Wildman–Crippen LogP) is 1.70. The molecule has 25 heavy (non-hydrogen) atoms. The third kappa shape index (κ3) is 5.72. The average molecular weight is 340 g/mol. The normalized spacial score (nSPS) is 11.7. The molecule has 1 atom stereocenters. The van der Waals surface area contributed by atoms with Gasteiger partial charge in [-0.05, 0) is 49.6 Å². The van der Waals surface area contributed by atoms with Crippen LogP contribution in [0.1, 0.15) is 16.7 Å². The van der Waals surface area contributed by atoms with Gasteiger partial charge in [-0.25, -0.2) is 0 Å². The quantitative estimate of drug-likeness (QED) is 0.750. The molecule has 0 fully saturated rings. The number of rotatable bonds is 6. The van der Waals surface area contributed by atoms with Crippen LogP contribution in [0.4, 0.5) is 11.4 Å². The van der Waals surface area contributed by atoms with Crippen LogP contribution in [0, 0.1) is 20.8 Å². The first-order chi connectivity index (χ1) is 11.8. The van der Waals surface area contributed by atoms with Gasteiger partial charge in [0, 0.05) is 11.4 Å². The fourth-order valence-electron chi connectivity index (χ4n) is 2.73. The first-order valence-electron chi connectivity index (χ1n) is 8.39. The highest BCUT2D eigenvalue weighted by Crippen LogP contribution is 2.18. The van der Waals surface area contributed by atoms with Gasteiger partial charge in [-0.15, -0.1) is 0 Å². The lowest BCUT2D eigenvalue weighted by atomic mass is 10.1. The van der Waals surface area contributed by atoms with Gasteiger partial charge in [0.15, 0.2) is 13.1 Å². The van der Waals surface area contributed by atoms with E-state index in [9.17, 15) is 9.59 Å². The Morgan fingerprint density at radius 3 is 2.04 bits per heavy atom. The molecule has 0 aliphatic carbocycles. The third-order valence-electron chi connectivity index (χ3n) is 3.97. The van der Waals surface area contributed by atoms with Gasteiger partial charge in [-0.3, -0.25) is 9.59 Å². The van der Waals surface area contributed by atoms with E-state index in [2.05, 4.69) is 10.6 Å². The molecule has 0 bridgehead atoms. The molecule has 2 amide bonds. The molecule has 1 unspecified atom stereocenters. The van der Waals surface area contributed by atoms with E-state index >= 15 is 0 Å². The topological polar surface area (TPSA) is 62.6 Å².